The molecule has 0 aromatic carbocycles. The average Bonchev–Trinajstić information content (AvgIpc) is 2.38. The predicted molar refractivity (Wildman–Crippen MR) is 65.0 cm³/mol. The first-order valence-corrected chi connectivity index (χ1v) is 5.35. The van der Waals surface area contributed by atoms with Gasteiger partial charge in [0.25, 0.3) is 0 Å². The Labute approximate surface area is 99.7 Å². The number of nitrogens with zero attached hydrogens (tertiary/aromatic N) is 2. The smallest absolute Gasteiger partial charge is 0.217 e. The van der Waals surface area contributed by atoms with Crippen LogP contribution in [-0.4, -0.2) is 15.9 Å². The van der Waals surface area contributed by atoms with Crippen LogP contribution in [0, 0.1) is 0 Å². The lowest BCUT2D eigenvalue weighted by Crippen LogP contribution is -2.19. The molecule has 0 saturated heterocycles. The maximum atomic E-state index is 10.9. The molecule has 4 heteroatoms. The molecule has 2 rings (SSSR count). The lowest BCUT2D eigenvalue weighted by atomic mass is 10.0. The molecular weight excluding hydrogens is 214 g/mol. The van der Waals surface area contributed by atoms with Crippen molar-refractivity contribution in [1.82, 2.24) is 15.3 Å². The van der Waals surface area contributed by atoms with E-state index in [1.165, 1.54) is 6.92 Å². The van der Waals surface area contributed by atoms with Gasteiger partial charge in [0.2, 0.25) is 5.91 Å². The zero-order valence-electron chi connectivity index (χ0n) is 9.55. The monoisotopic (exact) mass is 227 g/mol. The summed E-state index contributed by atoms with van der Waals surface area (Å²) in [5, 5.41) is 2.78. The summed E-state index contributed by atoms with van der Waals surface area (Å²) in [6.45, 7) is 2.01. The number of carbonyl (C=O) groups is 1. The predicted octanol–water partition coefficient (Wildman–Crippen LogP) is 1.78. The normalized spacial score (nSPS) is 9.94. The van der Waals surface area contributed by atoms with Gasteiger partial charge in [-0.25, -0.2) is 0 Å². The minimum atomic E-state index is -0.0426. The van der Waals surface area contributed by atoms with Crippen LogP contribution in [0.2, 0.25) is 0 Å². The average molecular weight is 227 g/mol. The Morgan fingerprint density at radius 1 is 1.24 bits per heavy atom. The fourth-order valence-electron chi connectivity index (χ4n) is 1.58. The molecule has 17 heavy (non-hydrogen) atoms. The van der Waals surface area contributed by atoms with Crippen LogP contribution >= 0.6 is 0 Å². The highest BCUT2D eigenvalue weighted by Gasteiger charge is 2.05. The molecule has 2 heterocycles. The Balaban J connectivity index is 2.31. The van der Waals surface area contributed by atoms with Crippen molar-refractivity contribution in [2.45, 2.75) is 13.5 Å². The van der Waals surface area contributed by atoms with Crippen LogP contribution in [0.4, 0.5) is 0 Å². The zero-order valence-corrected chi connectivity index (χ0v) is 9.55. The molecule has 0 unspecified atom stereocenters. The Kier molecular flexibility index (Phi) is 3.45. The minimum absolute atomic E-state index is 0.0426. The second kappa shape index (κ2) is 5.21. The topological polar surface area (TPSA) is 54.9 Å². The summed E-state index contributed by atoms with van der Waals surface area (Å²) < 4.78 is 0. The number of rotatable bonds is 3. The fraction of sp³-hybridized carbons (Fsp3) is 0.154. The molecule has 0 atom stereocenters. The highest BCUT2D eigenvalue weighted by atomic mass is 16.1. The highest BCUT2D eigenvalue weighted by molar-refractivity contribution is 5.73. The zero-order chi connectivity index (χ0) is 12.1. The Morgan fingerprint density at radius 3 is 2.76 bits per heavy atom. The third-order valence-corrected chi connectivity index (χ3v) is 2.41. The van der Waals surface area contributed by atoms with E-state index in [1.807, 2.05) is 18.2 Å². The molecule has 1 amide bonds. The number of hydrogen-bond donors (Lipinski definition) is 1. The van der Waals surface area contributed by atoms with Gasteiger partial charge in [-0.15, -0.1) is 0 Å². The lowest BCUT2D eigenvalue weighted by Gasteiger charge is -2.08. The summed E-state index contributed by atoms with van der Waals surface area (Å²) in [5.74, 6) is -0.0426. The number of amides is 1. The Bertz CT molecular complexity index is 511. The van der Waals surface area contributed by atoms with Gasteiger partial charge in [-0.05, 0) is 17.7 Å². The Morgan fingerprint density at radius 2 is 2.06 bits per heavy atom. The van der Waals surface area contributed by atoms with E-state index in [0.717, 1.165) is 16.7 Å². The van der Waals surface area contributed by atoms with E-state index in [4.69, 9.17) is 0 Å². The van der Waals surface area contributed by atoms with Gasteiger partial charge in [-0.2, -0.15) is 0 Å². The second-order valence-electron chi connectivity index (χ2n) is 3.68. The quantitative estimate of drug-likeness (QED) is 0.869. The van der Waals surface area contributed by atoms with Crippen LogP contribution in [0.3, 0.4) is 0 Å². The third kappa shape index (κ3) is 2.87. The van der Waals surface area contributed by atoms with Crippen molar-refractivity contribution in [3.63, 3.8) is 0 Å². The third-order valence-electron chi connectivity index (χ3n) is 2.41. The minimum Gasteiger partial charge on any atom is -0.352 e. The van der Waals surface area contributed by atoms with Crippen molar-refractivity contribution in [2.75, 3.05) is 0 Å². The summed E-state index contributed by atoms with van der Waals surface area (Å²) in [7, 11) is 0. The number of carbonyl (C=O) groups excluding carboxylic acids is 1. The van der Waals surface area contributed by atoms with Gasteiger partial charge in [0.05, 0.1) is 0 Å². The van der Waals surface area contributed by atoms with Crippen molar-refractivity contribution in [1.29, 1.82) is 0 Å². The van der Waals surface area contributed by atoms with E-state index in [2.05, 4.69) is 15.3 Å². The van der Waals surface area contributed by atoms with Gasteiger partial charge in [0.15, 0.2) is 0 Å². The number of hydrogen-bond acceptors (Lipinski definition) is 3. The van der Waals surface area contributed by atoms with E-state index in [1.54, 1.807) is 24.8 Å². The summed E-state index contributed by atoms with van der Waals surface area (Å²) in [6.07, 6.45) is 7.02. The van der Waals surface area contributed by atoms with Crippen molar-refractivity contribution >= 4 is 5.91 Å². The summed E-state index contributed by atoms with van der Waals surface area (Å²) in [6, 6.07) is 5.75. The molecule has 0 aliphatic rings. The van der Waals surface area contributed by atoms with Crippen LogP contribution in [0.1, 0.15) is 12.5 Å². The molecule has 86 valence electrons. The Hall–Kier alpha value is -2.23. The standard InChI is InChI=1S/C13H13N3O/c1-10(17)16-8-12-4-6-15-9-13(12)11-3-2-5-14-7-11/h2-7,9H,8H2,1H3,(H,16,17). The first kappa shape index (κ1) is 11.3. The molecule has 1 N–H and O–H groups in total. The van der Waals surface area contributed by atoms with Gasteiger partial charge >= 0.3 is 0 Å². The number of aromatic nitrogens is 2. The second-order valence-corrected chi connectivity index (χ2v) is 3.68. The number of pyridine rings is 2. The molecule has 0 spiro atoms. The molecule has 0 bridgehead atoms. The number of nitrogens with one attached hydrogen (secondary N) is 1. The van der Waals surface area contributed by atoms with Crippen molar-refractivity contribution in [3.05, 3.63) is 48.5 Å². The van der Waals surface area contributed by atoms with Crippen molar-refractivity contribution < 1.29 is 4.79 Å². The van der Waals surface area contributed by atoms with Crippen LogP contribution < -0.4 is 5.32 Å². The lowest BCUT2D eigenvalue weighted by molar-refractivity contribution is -0.119. The van der Waals surface area contributed by atoms with Gasteiger partial charge in [-0.3, -0.25) is 14.8 Å². The van der Waals surface area contributed by atoms with E-state index < -0.39 is 0 Å². The molecule has 4 nitrogen and oxygen atoms in total. The highest BCUT2D eigenvalue weighted by Crippen LogP contribution is 2.21. The molecular formula is C13H13N3O. The summed E-state index contributed by atoms with van der Waals surface area (Å²) >= 11 is 0. The van der Waals surface area contributed by atoms with Gasteiger partial charge in [0, 0.05) is 49.4 Å². The molecule has 0 aliphatic heterocycles. The first-order valence-electron chi connectivity index (χ1n) is 5.35. The fourth-order valence-corrected chi connectivity index (χ4v) is 1.58. The SMILES string of the molecule is CC(=O)NCc1ccncc1-c1cccnc1. The van der Waals surface area contributed by atoms with Crippen LogP contribution in [0.5, 0.6) is 0 Å². The van der Waals surface area contributed by atoms with E-state index in [-0.39, 0.29) is 5.91 Å². The van der Waals surface area contributed by atoms with Gasteiger partial charge in [0.1, 0.15) is 0 Å². The largest absolute Gasteiger partial charge is 0.352 e. The molecule has 0 saturated carbocycles. The van der Waals surface area contributed by atoms with Crippen LogP contribution in [0.15, 0.2) is 43.0 Å². The molecule has 2 aromatic rings. The molecule has 0 fully saturated rings. The van der Waals surface area contributed by atoms with Gasteiger partial charge < -0.3 is 5.32 Å². The van der Waals surface area contributed by atoms with Crippen molar-refractivity contribution in [3.8, 4) is 11.1 Å². The van der Waals surface area contributed by atoms with Crippen LogP contribution in [0.25, 0.3) is 11.1 Å². The van der Waals surface area contributed by atoms with Crippen LogP contribution in [-0.2, 0) is 11.3 Å². The van der Waals surface area contributed by atoms with Gasteiger partial charge in [-0.1, -0.05) is 6.07 Å². The molecule has 0 aliphatic carbocycles. The molecule has 2 aromatic heterocycles. The van der Waals surface area contributed by atoms with Crippen molar-refractivity contribution in [2.24, 2.45) is 0 Å². The molecule has 0 radical (unpaired) electrons. The van der Waals surface area contributed by atoms with E-state index in [9.17, 15) is 4.79 Å². The van der Waals surface area contributed by atoms with E-state index in [0.29, 0.717) is 6.54 Å². The maximum absolute atomic E-state index is 10.9. The summed E-state index contributed by atoms with van der Waals surface area (Å²) in [5.41, 5.74) is 3.03. The van der Waals surface area contributed by atoms with E-state index >= 15 is 0 Å². The maximum Gasteiger partial charge on any atom is 0.217 e. The summed E-state index contributed by atoms with van der Waals surface area (Å²) in [4.78, 5) is 19.1. The first-order chi connectivity index (χ1) is 8.27.